The molecule has 0 amide bonds. The molecule has 0 aliphatic heterocycles. The molecule has 0 atom stereocenters. The summed E-state index contributed by atoms with van der Waals surface area (Å²) in [7, 11) is -2.67. The first-order valence-electron chi connectivity index (χ1n) is 0.874. The Morgan fingerprint density at radius 1 is 1.33 bits per heavy atom. The Bertz CT molecular complexity index is 19.5. The van der Waals surface area contributed by atoms with Gasteiger partial charge in [0.05, 0.1) is 0 Å². The van der Waals surface area contributed by atoms with Gasteiger partial charge in [-0.15, -0.1) is 0 Å². The molecule has 0 unspecified atom stereocenters. The summed E-state index contributed by atoms with van der Waals surface area (Å²) in [6.45, 7) is 0. The Labute approximate surface area is 37.0 Å². The van der Waals surface area contributed by atoms with Gasteiger partial charge in [0.15, 0.2) is 0 Å². The molecular weight excluding hydrogens is 85.6 g/mol. The molecule has 6 heteroatoms. The number of hydrogen-bond acceptors (Lipinski definition) is 4. The molecule has 0 heterocycles. The van der Waals surface area contributed by atoms with Crippen molar-refractivity contribution >= 4 is 15.7 Å². The molecular formula is B2O4. The van der Waals surface area contributed by atoms with Gasteiger partial charge in [-0.3, -0.25) is 0 Å². The van der Waals surface area contributed by atoms with Crippen molar-refractivity contribution in [2.24, 2.45) is 0 Å². The van der Waals surface area contributed by atoms with Crippen LogP contribution in [0.3, 0.4) is 0 Å². The molecule has 4 nitrogen and oxygen atoms in total. The average Bonchev–Trinajstić information content (AvgIpc) is 1.38. The van der Waals surface area contributed by atoms with Gasteiger partial charge in [-0.1, -0.05) is 0 Å². The minimum atomic E-state index is -2.67. The SMILES string of the molecule is [B+3].[O-]OB([O-])[O-]. The Hall–Kier alpha value is -0.0301. The minimum absolute atomic E-state index is 0. The van der Waals surface area contributed by atoms with Crippen LogP contribution in [0.15, 0.2) is 0 Å². The fraction of sp³-hybridized carbons (Fsp3) is 0. The fourth-order valence-electron chi connectivity index (χ4n) is 0. The van der Waals surface area contributed by atoms with E-state index in [2.05, 4.69) is 4.81 Å². The maximum atomic E-state index is 8.81. The van der Waals surface area contributed by atoms with Crippen LogP contribution < -0.4 is 15.3 Å². The van der Waals surface area contributed by atoms with Crippen LogP contribution in [0.25, 0.3) is 0 Å². The van der Waals surface area contributed by atoms with Crippen molar-refractivity contribution in [1.29, 1.82) is 0 Å². The molecule has 0 aromatic carbocycles. The molecule has 0 N–H and O–H groups in total. The zero-order valence-electron chi connectivity index (χ0n) is 2.79. The van der Waals surface area contributed by atoms with Crippen LogP contribution >= 0.6 is 0 Å². The summed E-state index contributed by atoms with van der Waals surface area (Å²) in [5, 5.41) is 26.1. The summed E-state index contributed by atoms with van der Waals surface area (Å²) in [5.41, 5.74) is 0. The summed E-state index contributed by atoms with van der Waals surface area (Å²) in [6, 6.07) is 0. The summed E-state index contributed by atoms with van der Waals surface area (Å²) in [4.78, 5) is 2.39. The first kappa shape index (κ1) is 9.36. The monoisotopic (exact) mass is 86.0 g/mol. The van der Waals surface area contributed by atoms with Crippen molar-refractivity contribution in [1.82, 2.24) is 0 Å². The first-order chi connectivity index (χ1) is 2.27. The Kier molecular flexibility index (Phi) is 7.75. The van der Waals surface area contributed by atoms with E-state index in [-0.39, 0.29) is 8.41 Å². The van der Waals surface area contributed by atoms with E-state index in [0.29, 0.717) is 0 Å². The van der Waals surface area contributed by atoms with Gasteiger partial charge < -0.3 is 20.1 Å². The molecule has 0 saturated heterocycles. The Balaban J connectivity index is 0. The Morgan fingerprint density at radius 2 is 1.50 bits per heavy atom. The summed E-state index contributed by atoms with van der Waals surface area (Å²) in [5.74, 6) is 0. The van der Waals surface area contributed by atoms with E-state index in [9.17, 15) is 0 Å². The molecule has 0 aliphatic carbocycles. The van der Waals surface area contributed by atoms with Gasteiger partial charge >= 0.3 is 8.41 Å². The summed E-state index contributed by atoms with van der Waals surface area (Å²) in [6.07, 6.45) is 0. The van der Waals surface area contributed by atoms with Crippen molar-refractivity contribution < 1.29 is 20.1 Å². The van der Waals surface area contributed by atoms with Gasteiger partial charge in [-0.05, 0) is 0 Å². The van der Waals surface area contributed by atoms with Crippen LogP contribution in [0, 0.1) is 0 Å². The van der Waals surface area contributed by atoms with Gasteiger partial charge in [0.25, 0.3) is 0 Å². The van der Waals surface area contributed by atoms with E-state index in [1.165, 1.54) is 0 Å². The van der Waals surface area contributed by atoms with Gasteiger partial charge in [-0.2, -0.15) is 0 Å². The quantitative estimate of drug-likeness (QED) is 0.183. The maximum Gasteiger partial charge on any atom is 3.00 e. The van der Waals surface area contributed by atoms with Crippen molar-refractivity contribution in [3.05, 3.63) is 0 Å². The van der Waals surface area contributed by atoms with E-state index < -0.39 is 7.32 Å². The largest absolute Gasteiger partial charge is 3.00 e. The maximum absolute atomic E-state index is 8.81. The molecule has 0 fully saturated rings. The van der Waals surface area contributed by atoms with Crippen LogP contribution in [0.1, 0.15) is 0 Å². The second-order valence-electron chi connectivity index (χ2n) is 0.385. The van der Waals surface area contributed by atoms with Gasteiger partial charge in [0, 0.05) is 7.32 Å². The van der Waals surface area contributed by atoms with Gasteiger partial charge in [-0.25, -0.2) is 0 Å². The van der Waals surface area contributed by atoms with E-state index >= 15 is 0 Å². The third-order valence-electron chi connectivity index (χ3n) is 0.0786. The number of rotatable bonds is 1. The van der Waals surface area contributed by atoms with Crippen LogP contribution in [-0.2, 0) is 4.81 Å². The van der Waals surface area contributed by atoms with E-state index in [1.807, 2.05) is 0 Å². The molecule has 30 valence electrons. The standard InChI is InChI=1S/BHO4.B/c2-1(3)5-4;/h4H;/q-2;+3/p-1. The zero-order valence-corrected chi connectivity index (χ0v) is 2.79. The molecule has 6 heavy (non-hydrogen) atoms. The normalized spacial score (nSPS) is 6.50. The van der Waals surface area contributed by atoms with Crippen molar-refractivity contribution in [2.75, 3.05) is 0 Å². The third-order valence-corrected chi connectivity index (χ3v) is 0.0786. The molecule has 0 spiro atoms. The second-order valence-corrected chi connectivity index (χ2v) is 0.385. The average molecular weight is 85.6 g/mol. The first-order valence-corrected chi connectivity index (χ1v) is 0.874. The molecule has 0 aromatic heterocycles. The van der Waals surface area contributed by atoms with Crippen LogP contribution in [-0.4, -0.2) is 15.7 Å². The topological polar surface area (TPSA) is 78.4 Å². The minimum Gasteiger partial charge on any atom is -0.871 e. The van der Waals surface area contributed by atoms with Crippen LogP contribution in [0.2, 0.25) is 0 Å². The Morgan fingerprint density at radius 3 is 1.50 bits per heavy atom. The molecule has 0 aliphatic rings. The van der Waals surface area contributed by atoms with E-state index in [4.69, 9.17) is 15.3 Å². The van der Waals surface area contributed by atoms with Crippen LogP contribution in [0.4, 0.5) is 0 Å². The molecule has 0 saturated carbocycles. The summed E-state index contributed by atoms with van der Waals surface area (Å²) < 4.78 is 0. The predicted octanol–water partition coefficient (Wildman–Crippen LogP) is -4.40. The van der Waals surface area contributed by atoms with Gasteiger partial charge in [0.2, 0.25) is 0 Å². The van der Waals surface area contributed by atoms with Crippen molar-refractivity contribution in [3.8, 4) is 0 Å². The fourth-order valence-corrected chi connectivity index (χ4v) is 0. The third kappa shape index (κ3) is 9.02. The molecule has 0 aromatic rings. The van der Waals surface area contributed by atoms with Crippen LogP contribution in [0.5, 0.6) is 0 Å². The predicted molar refractivity (Wildman–Crippen MR) is 12.6 cm³/mol. The summed E-state index contributed by atoms with van der Waals surface area (Å²) >= 11 is 0. The second kappa shape index (κ2) is 4.97. The zero-order chi connectivity index (χ0) is 4.28. The smallest absolute Gasteiger partial charge is 0.871 e. The van der Waals surface area contributed by atoms with Crippen molar-refractivity contribution in [3.63, 3.8) is 0 Å². The molecule has 0 bridgehead atoms. The molecule has 0 rings (SSSR count). The molecule has 0 radical (unpaired) electrons. The van der Waals surface area contributed by atoms with Crippen molar-refractivity contribution in [2.45, 2.75) is 0 Å². The van der Waals surface area contributed by atoms with E-state index in [1.54, 1.807) is 0 Å². The van der Waals surface area contributed by atoms with E-state index in [0.717, 1.165) is 0 Å². The van der Waals surface area contributed by atoms with Gasteiger partial charge in [0.1, 0.15) is 0 Å². The number of hydrogen-bond donors (Lipinski definition) is 0.